The number of hydrogen-bond donors (Lipinski definition) is 0. The first-order chi connectivity index (χ1) is 13.3. The third-order valence-corrected chi connectivity index (χ3v) is 4.25. The SMILES string of the molecule is O=Cc1coc2cc(OCc3ccccc3)cc(OCc3ccccc3)c12. The van der Waals surface area contributed by atoms with Gasteiger partial charge in [-0.1, -0.05) is 60.7 Å². The highest BCUT2D eigenvalue weighted by molar-refractivity contribution is 6.00. The van der Waals surface area contributed by atoms with E-state index in [-0.39, 0.29) is 0 Å². The Morgan fingerprint density at radius 2 is 1.44 bits per heavy atom. The number of aldehydes is 1. The Morgan fingerprint density at radius 1 is 0.815 bits per heavy atom. The molecule has 0 aliphatic rings. The van der Waals surface area contributed by atoms with Crippen LogP contribution in [0.15, 0.2) is 83.5 Å². The van der Waals surface area contributed by atoms with Crippen molar-refractivity contribution in [2.45, 2.75) is 13.2 Å². The molecule has 4 aromatic rings. The first-order valence-corrected chi connectivity index (χ1v) is 8.67. The molecule has 27 heavy (non-hydrogen) atoms. The molecule has 4 heteroatoms. The van der Waals surface area contributed by atoms with E-state index in [4.69, 9.17) is 13.9 Å². The summed E-state index contributed by atoms with van der Waals surface area (Å²) in [4.78, 5) is 11.4. The second kappa shape index (κ2) is 7.79. The molecule has 0 amide bonds. The Bertz CT molecular complexity index is 1040. The molecule has 0 radical (unpaired) electrons. The number of hydrogen-bond acceptors (Lipinski definition) is 4. The van der Waals surface area contributed by atoms with Gasteiger partial charge in [-0.15, -0.1) is 0 Å². The maximum absolute atomic E-state index is 11.4. The van der Waals surface area contributed by atoms with E-state index in [2.05, 4.69) is 0 Å². The lowest BCUT2D eigenvalue weighted by molar-refractivity contribution is 0.112. The zero-order chi connectivity index (χ0) is 18.5. The molecule has 0 aliphatic heterocycles. The summed E-state index contributed by atoms with van der Waals surface area (Å²) in [5.74, 6) is 1.19. The summed E-state index contributed by atoms with van der Waals surface area (Å²) in [6.07, 6.45) is 2.21. The van der Waals surface area contributed by atoms with Crippen molar-refractivity contribution in [1.29, 1.82) is 0 Å². The minimum atomic E-state index is 0.390. The van der Waals surface area contributed by atoms with Gasteiger partial charge in [-0.3, -0.25) is 4.79 Å². The average molecular weight is 358 g/mol. The van der Waals surface area contributed by atoms with Crippen LogP contribution in [0.2, 0.25) is 0 Å². The van der Waals surface area contributed by atoms with E-state index < -0.39 is 0 Å². The first kappa shape index (κ1) is 16.9. The summed E-state index contributed by atoms with van der Waals surface area (Å²) in [5.41, 5.74) is 3.13. The number of ether oxygens (including phenoxy) is 2. The van der Waals surface area contributed by atoms with Gasteiger partial charge in [0.2, 0.25) is 0 Å². The van der Waals surface area contributed by atoms with Crippen LogP contribution in [0, 0.1) is 0 Å². The quantitative estimate of drug-likeness (QED) is 0.415. The maximum atomic E-state index is 11.4. The Kier molecular flexibility index (Phi) is 4.88. The molecule has 4 nitrogen and oxygen atoms in total. The van der Waals surface area contributed by atoms with Crippen LogP contribution in [0.25, 0.3) is 11.0 Å². The fourth-order valence-electron chi connectivity index (χ4n) is 2.89. The van der Waals surface area contributed by atoms with Crippen LogP contribution < -0.4 is 9.47 Å². The zero-order valence-corrected chi connectivity index (χ0v) is 14.6. The van der Waals surface area contributed by atoms with E-state index in [0.717, 1.165) is 17.4 Å². The van der Waals surface area contributed by atoms with Crippen LogP contribution in [0.1, 0.15) is 21.5 Å². The Hall–Kier alpha value is -3.53. The van der Waals surface area contributed by atoms with Crippen molar-refractivity contribution in [1.82, 2.24) is 0 Å². The topological polar surface area (TPSA) is 48.7 Å². The summed E-state index contributed by atoms with van der Waals surface area (Å²) in [6, 6.07) is 23.4. The lowest BCUT2D eigenvalue weighted by atomic mass is 10.1. The van der Waals surface area contributed by atoms with Crippen molar-refractivity contribution in [2.75, 3.05) is 0 Å². The van der Waals surface area contributed by atoms with Crippen molar-refractivity contribution in [3.05, 3.63) is 95.7 Å². The maximum Gasteiger partial charge on any atom is 0.154 e. The minimum Gasteiger partial charge on any atom is -0.489 e. The number of carbonyl (C=O) groups excluding carboxylic acids is 1. The van der Waals surface area contributed by atoms with Crippen LogP contribution in [0.3, 0.4) is 0 Å². The summed E-state index contributed by atoms with van der Waals surface area (Å²) in [7, 11) is 0. The highest BCUT2D eigenvalue weighted by atomic mass is 16.5. The fourth-order valence-corrected chi connectivity index (χ4v) is 2.89. The number of benzene rings is 3. The van der Waals surface area contributed by atoms with Crippen LogP contribution in [-0.2, 0) is 13.2 Å². The molecule has 1 aromatic heterocycles. The van der Waals surface area contributed by atoms with Gasteiger partial charge in [0, 0.05) is 12.1 Å². The second-order valence-corrected chi connectivity index (χ2v) is 6.15. The third-order valence-electron chi connectivity index (χ3n) is 4.25. The van der Waals surface area contributed by atoms with Gasteiger partial charge >= 0.3 is 0 Å². The zero-order valence-electron chi connectivity index (χ0n) is 14.6. The van der Waals surface area contributed by atoms with Gasteiger partial charge in [0.1, 0.15) is 36.6 Å². The Labute approximate surface area is 157 Å². The van der Waals surface area contributed by atoms with Crippen LogP contribution in [0.5, 0.6) is 11.5 Å². The second-order valence-electron chi connectivity index (χ2n) is 6.15. The molecular weight excluding hydrogens is 340 g/mol. The van der Waals surface area contributed by atoms with E-state index >= 15 is 0 Å². The largest absolute Gasteiger partial charge is 0.489 e. The predicted octanol–water partition coefficient (Wildman–Crippen LogP) is 5.40. The molecule has 3 aromatic carbocycles. The van der Waals surface area contributed by atoms with Gasteiger partial charge in [0.05, 0.1) is 10.9 Å². The number of furan rings is 1. The molecule has 4 rings (SSSR count). The molecule has 0 saturated heterocycles. The van der Waals surface area contributed by atoms with Crippen LogP contribution in [0.4, 0.5) is 0 Å². The molecule has 0 bridgehead atoms. The van der Waals surface area contributed by atoms with Gasteiger partial charge in [-0.2, -0.15) is 0 Å². The predicted molar refractivity (Wildman–Crippen MR) is 103 cm³/mol. The summed E-state index contributed by atoms with van der Waals surface area (Å²) in [6.45, 7) is 0.827. The Balaban J connectivity index is 1.62. The molecule has 0 N–H and O–H groups in total. The monoisotopic (exact) mass is 358 g/mol. The van der Waals surface area contributed by atoms with Gasteiger partial charge in [0.25, 0.3) is 0 Å². The van der Waals surface area contributed by atoms with Gasteiger partial charge in [-0.25, -0.2) is 0 Å². The van der Waals surface area contributed by atoms with E-state index in [1.807, 2.05) is 60.7 Å². The molecule has 0 unspecified atom stereocenters. The van der Waals surface area contributed by atoms with Crippen molar-refractivity contribution in [3.8, 4) is 11.5 Å². The summed E-state index contributed by atoms with van der Waals surface area (Å²) >= 11 is 0. The molecule has 0 atom stereocenters. The number of carbonyl (C=O) groups is 1. The summed E-state index contributed by atoms with van der Waals surface area (Å²) < 4.78 is 17.4. The molecule has 0 aliphatic carbocycles. The third kappa shape index (κ3) is 3.85. The van der Waals surface area contributed by atoms with E-state index in [0.29, 0.717) is 41.2 Å². The molecular formula is C23H18O4. The van der Waals surface area contributed by atoms with Crippen molar-refractivity contribution in [3.63, 3.8) is 0 Å². The first-order valence-electron chi connectivity index (χ1n) is 8.67. The lowest BCUT2D eigenvalue weighted by Gasteiger charge is -2.11. The highest BCUT2D eigenvalue weighted by Crippen LogP contribution is 2.35. The molecule has 1 heterocycles. The van der Waals surface area contributed by atoms with Crippen LogP contribution >= 0.6 is 0 Å². The molecule has 0 spiro atoms. The lowest BCUT2D eigenvalue weighted by Crippen LogP contribution is -1.98. The highest BCUT2D eigenvalue weighted by Gasteiger charge is 2.14. The van der Waals surface area contributed by atoms with Crippen molar-refractivity contribution < 1.29 is 18.7 Å². The average Bonchev–Trinajstić information content (AvgIpc) is 3.15. The number of fused-ring (bicyclic) bond motifs is 1. The molecule has 0 saturated carbocycles. The fraction of sp³-hybridized carbons (Fsp3) is 0.0870. The molecule has 134 valence electrons. The smallest absolute Gasteiger partial charge is 0.154 e. The normalized spacial score (nSPS) is 10.7. The molecule has 0 fully saturated rings. The van der Waals surface area contributed by atoms with E-state index in [9.17, 15) is 4.79 Å². The Morgan fingerprint density at radius 3 is 2.07 bits per heavy atom. The summed E-state index contributed by atoms with van der Waals surface area (Å²) in [5, 5.41) is 0.660. The van der Waals surface area contributed by atoms with Crippen molar-refractivity contribution in [2.24, 2.45) is 0 Å². The minimum absolute atomic E-state index is 0.390. The van der Waals surface area contributed by atoms with Gasteiger partial charge < -0.3 is 13.9 Å². The van der Waals surface area contributed by atoms with E-state index in [1.165, 1.54) is 6.26 Å². The number of rotatable bonds is 7. The van der Waals surface area contributed by atoms with Crippen molar-refractivity contribution >= 4 is 17.3 Å². The van der Waals surface area contributed by atoms with E-state index in [1.54, 1.807) is 12.1 Å². The van der Waals surface area contributed by atoms with Gasteiger partial charge in [0.15, 0.2) is 6.29 Å². The standard InChI is InChI=1S/C23H18O4/c24-13-19-16-27-22-12-20(25-14-17-7-3-1-4-8-17)11-21(23(19)22)26-15-18-9-5-2-6-10-18/h1-13,16H,14-15H2. The van der Waals surface area contributed by atoms with Gasteiger partial charge in [-0.05, 0) is 11.1 Å². The van der Waals surface area contributed by atoms with Crippen LogP contribution in [-0.4, -0.2) is 6.29 Å².